The summed E-state index contributed by atoms with van der Waals surface area (Å²) in [4.78, 5) is 22.6. The summed E-state index contributed by atoms with van der Waals surface area (Å²) in [6.07, 6.45) is 1.56. The Bertz CT molecular complexity index is 598. The molecule has 0 spiro atoms. The van der Waals surface area contributed by atoms with Gasteiger partial charge in [-0.05, 0) is 30.7 Å². The zero-order valence-electron chi connectivity index (χ0n) is 11.0. The van der Waals surface area contributed by atoms with Crippen LogP contribution in [-0.2, 0) is 4.79 Å². The molecule has 1 aliphatic heterocycles. The Morgan fingerprint density at radius 2 is 2.00 bits per heavy atom. The Labute approximate surface area is 124 Å². The molecule has 0 radical (unpaired) electrons. The maximum absolute atomic E-state index is 11.5. The second kappa shape index (κ2) is 5.96. The third-order valence-electron chi connectivity index (χ3n) is 2.60. The Hall–Kier alpha value is -2.02. The number of methoxy groups -OCH3 is 1. The van der Waals surface area contributed by atoms with Gasteiger partial charge in [0.05, 0.1) is 13.7 Å². The van der Waals surface area contributed by atoms with Gasteiger partial charge in [0.1, 0.15) is 5.70 Å². The van der Waals surface area contributed by atoms with Crippen LogP contribution in [0.3, 0.4) is 0 Å². The van der Waals surface area contributed by atoms with Crippen molar-refractivity contribution in [3.63, 3.8) is 0 Å². The fraction of sp³-hybridized carbons (Fsp3) is 0.231. The predicted octanol–water partition coefficient (Wildman–Crippen LogP) is 2.04. The average Bonchev–Trinajstić information content (AvgIpc) is 2.71. The number of carbonyl (C=O) groups excluding carboxylic acids is 2. The second-order valence-electron chi connectivity index (χ2n) is 3.92. The fourth-order valence-electron chi connectivity index (χ4n) is 1.73. The quantitative estimate of drug-likeness (QED) is 0.649. The molecule has 3 amide bonds. The molecule has 1 fully saturated rings. The molecule has 6 nitrogen and oxygen atoms in total. The predicted molar refractivity (Wildman–Crippen MR) is 76.5 cm³/mol. The van der Waals surface area contributed by atoms with Gasteiger partial charge >= 0.3 is 6.03 Å². The van der Waals surface area contributed by atoms with Crippen LogP contribution in [0.2, 0.25) is 0 Å². The highest BCUT2D eigenvalue weighted by atomic mass is 79.9. The zero-order valence-corrected chi connectivity index (χ0v) is 12.5. The first-order valence-corrected chi connectivity index (χ1v) is 6.68. The molecule has 0 unspecified atom stereocenters. The van der Waals surface area contributed by atoms with E-state index < -0.39 is 11.9 Å². The molecule has 1 saturated heterocycles. The van der Waals surface area contributed by atoms with E-state index in [9.17, 15) is 9.59 Å². The van der Waals surface area contributed by atoms with Crippen molar-refractivity contribution >= 4 is 33.9 Å². The van der Waals surface area contributed by atoms with Gasteiger partial charge in [-0.2, -0.15) is 0 Å². The Morgan fingerprint density at radius 3 is 2.55 bits per heavy atom. The highest BCUT2D eigenvalue weighted by Crippen LogP contribution is 2.34. The Balaban J connectivity index is 2.41. The van der Waals surface area contributed by atoms with E-state index in [1.807, 2.05) is 6.92 Å². The van der Waals surface area contributed by atoms with E-state index in [-0.39, 0.29) is 5.70 Å². The minimum absolute atomic E-state index is 0.184. The molecular formula is C13H13BrN2O4. The number of rotatable bonds is 4. The molecule has 1 aromatic carbocycles. The van der Waals surface area contributed by atoms with Crippen LogP contribution in [0.15, 0.2) is 22.3 Å². The number of carbonyl (C=O) groups is 2. The zero-order chi connectivity index (χ0) is 14.7. The first kappa shape index (κ1) is 14.4. The number of hydrogen-bond donors (Lipinski definition) is 2. The second-order valence-corrected chi connectivity index (χ2v) is 4.78. The van der Waals surface area contributed by atoms with Crippen LogP contribution in [0, 0.1) is 0 Å². The van der Waals surface area contributed by atoms with E-state index in [0.29, 0.717) is 23.7 Å². The van der Waals surface area contributed by atoms with Crippen LogP contribution >= 0.6 is 15.9 Å². The number of hydrogen-bond acceptors (Lipinski definition) is 4. The van der Waals surface area contributed by atoms with E-state index in [1.165, 1.54) is 0 Å². The monoisotopic (exact) mass is 340 g/mol. The Morgan fingerprint density at radius 1 is 1.25 bits per heavy atom. The lowest BCUT2D eigenvalue weighted by Gasteiger charge is -2.11. The van der Waals surface area contributed by atoms with E-state index >= 15 is 0 Å². The summed E-state index contributed by atoms with van der Waals surface area (Å²) in [5.74, 6) is 0.686. The molecule has 7 heteroatoms. The highest BCUT2D eigenvalue weighted by molar-refractivity contribution is 9.10. The summed E-state index contributed by atoms with van der Waals surface area (Å²) in [5.41, 5.74) is 0.880. The minimum Gasteiger partial charge on any atom is -0.493 e. The summed E-state index contributed by atoms with van der Waals surface area (Å²) >= 11 is 3.39. The molecule has 106 valence electrons. The van der Waals surface area contributed by atoms with Crippen molar-refractivity contribution in [1.29, 1.82) is 0 Å². The summed E-state index contributed by atoms with van der Waals surface area (Å²) < 4.78 is 11.4. The first-order chi connectivity index (χ1) is 9.55. The van der Waals surface area contributed by atoms with Crippen molar-refractivity contribution < 1.29 is 19.1 Å². The van der Waals surface area contributed by atoms with Crippen molar-refractivity contribution in [2.75, 3.05) is 13.7 Å². The molecule has 1 aromatic rings. The van der Waals surface area contributed by atoms with Gasteiger partial charge < -0.3 is 14.8 Å². The number of benzene rings is 1. The van der Waals surface area contributed by atoms with Crippen LogP contribution in [0.5, 0.6) is 11.5 Å². The summed E-state index contributed by atoms with van der Waals surface area (Å²) in [7, 11) is 1.55. The standard InChI is InChI=1S/C13H13BrN2O4/c1-3-20-11-5-7(8(14)6-10(11)19-2)4-9-12(17)16-13(18)15-9/h4-6H,3H2,1-2H3,(H2,15,16,17,18). The highest BCUT2D eigenvalue weighted by Gasteiger charge is 2.23. The van der Waals surface area contributed by atoms with Gasteiger partial charge in [-0.15, -0.1) is 0 Å². The molecule has 0 aliphatic carbocycles. The SMILES string of the molecule is CCOc1cc(C=C2NC(=O)NC2=O)c(Br)cc1OC. The number of urea groups is 1. The lowest BCUT2D eigenvalue weighted by Crippen LogP contribution is -2.22. The van der Waals surface area contributed by atoms with E-state index in [4.69, 9.17) is 9.47 Å². The molecule has 2 N–H and O–H groups in total. The molecule has 1 aliphatic rings. The molecule has 0 aromatic heterocycles. The maximum atomic E-state index is 11.5. The molecule has 0 bridgehead atoms. The smallest absolute Gasteiger partial charge is 0.326 e. The van der Waals surface area contributed by atoms with Crippen molar-refractivity contribution in [3.05, 3.63) is 27.9 Å². The van der Waals surface area contributed by atoms with Crippen LogP contribution < -0.4 is 20.1 Å². The van der Waals surface area contributed by atoms with Crippen molar-refractivity contribution in [2.24, 2.45) is 0 Å². The largest absolute Gasteiger partial charge is 0.493 e. The van der Waals surface area contributed by atoms with E-state index in [0.717, 1.165) is 4.47 Å². The molecule has 20 heavy (non-hydrogen) atoms. The summed E-state index contributed by atoms with van der Waals surface area (Å²) in [6, 6.07) is 2.94. The number of imide groups is 1. The van der Waals surface area contributed by atoms with Crippen LogP contribution in [0.1, 0.15) is 12.5 Å². The maximum Gasteiger partial charge on any atom is 0.326 e. The molecule has 1 heterocycles. The van der Waals surface area contributed by atoms with Gasteiger partial charge in [0.25, 0.3) is 5.91 Å². The van der Waals surface area contributed by atoms with E-state index in [1.54, 1.807) is 25.3 Å². The van der Waals surface area contributed by atoms with Gasteiger partial charge in [-0.25, -0.2) is 4.79 Å². The number of halogens is 1. The van der Waals surface area contributed by atoms with Gasteiger partial charge in [-0.3, -0.25) is 10.1 Å². The van der Waals surface area contributed by atoms with Crippen LogP contribution in [0.25, 0.3) is 6.08 Å². The molecule has 2 rings (SSSR count). The van der Waals surface area contributed by atoms with Gasteiger partial charge in [0.15, 0.2) is 11.5 Å². The topological polar surface area (TPSA) is 76.7 Å². The lowest BCUT2D eigenvalue weighted by molar-refractivity contribution is -0.115. The molecular weight excluding hydrogens is 328 g/mol. The number of amides is 3. The van der Waals surface area contributed by atoms with E-state index in [2.05, 4.69) is 26.6 Å². The first-order valence-electron chi connectivity index (χ1n) is 5.89. The summed E-state index contributed by atoms with van der Waals surface area (Å²) in [6.45, 7) is 2.36. The third kappa shape index (κ3) is 2.93. The van der Waals surface area contributed by atoms with Crippen molar-refractivity contribution in [3.8, 4) is 11.5 Å². The average molecular weight is 341 g/mol. The fourth-order valence-corrected chi connectivity index (χ4v) is 2.16. The minimum atomic E-state index is -0.532. The lowest BCUT2D eigenvalue weighted by atomic mass is 10.1. The number of ether oxygens (including phenoxy) is 2. The van der Waals surface area contributed by atoms with Gasteiger partial charge in [-0.1, -0.05) is 15.9 Å². The molecule has 0 atom stereocenters. The van der Waals surface area contributed by atoms with Crippen LogP contribution in [-0.4, -0.2) is 25.7 Å². The van der Waals surface area contributed by atoms with Crippen LogP contribution in [0.4, 0.5) is 4.79 Å². The van der Waals surface area contributed by atoms with Crippen molar-refractivity contribution in [1.82, 2.24) is 10.6 Å². The van der Waals surface area contributed by atoms with Crippen molar-refractivity contribution in [2.45, 2.75) is 6.92 Å². The van der Waals surface area contributed by atoms with Gasteiger partial charge in [0, 0.05) is 4.47 Å². The summed E-state index contributed by atoms with van der Waals surface area (Å²) in [5, 5.41) is 4.57. The Kier molecular flexibility index (Phi) is 4.29. The number of nitrogens with one attached hydrogen (secondary N) is 2. The van der Waals surface area contributed by atoms with Gasteiger partial charge in [0.2, 0.25) is 0 Å². The molecule has 0 saturated carbocycles. The normalized spacial score (nSPS) is 16.1. The third-order valence-corrected chi connectivity index (χ3v) is 3.29.